The zero-order chi connectivity index (χ0) is 14.0. The van der Waals surface area contributed by atoms with Crippen molar-refractivity contribution in [1.82, 2.24) is 4.90 Å². The van der Waals surface area contributed by atoms with E-state index in [1.54, 1.807) is 13.1 Å². The lowest BCUT2D eigenvalue weighted by Gasteiger charge is -2.29. The molecule has 1 amide bonds. The fourth-order valence-electron chi connectivity index (χ4n) is 1.96. The highest BCUT2D eigenvalue weighted by Crippen LogP contribution is 2.30. The van der Waals surface area contributed by atoms with Gasteiger partial charge < -0.3 is 20.1 Å². The van der Waals surface area contributed by atoms with E-state index in [0.717, 1.165) is 11.1 Å². The monoisotopic (exact) mass is 264 g/mol. The van der Waals surface area contributed by atoms with Crippen LogP contribution in [0.1, 0.15) is 31.0 Å². The van der Waals surface area contributed by atoms with Gasteiger partial charge in [-0.3, -0.25) is 0 Å². The highest BCUT2D eigenvalue weighted by atomic mass is 16.6. The zero-order valence-corrected chi connectivity index (χ0v) is 11.6. The molecule has 1 heterocycles. The average Bonchev–Trinajstić information content (AvgIpc) is 2.42. The standard InChI is InChI=1S/C14H20N2O3/c1-4-16(3)14(17)19-11-6-5-10-8-18-9(2)13(15)12(10)7-11/h5-7,9,13H,4,8,15H2,1-3H3/t9-,13-/m1/s1. The maximum atomic E-state index is 11.7. The van der Waals surface area contributed by atoms with Crippen molar-refractivity contribution in [2.24, 2.45) is 5.73 Å². The van der Waals surface area contributed by atoms with Crippen LogP contribution in [0.2, 0.25) is 0 Å². The molecule has 0 aliphatic carbocycles. The lowest BCUT2D eigenvalue weighted by Crippen LogP contribution is -2.32. The molecule has 0 fully saturated rings. The summed E-state index contributed by atoms with van der Waals surface area (Å²) in [5, 5.41) is 0. The number of ether oxygens (including phenoxy) is 2. The second-order valence-electron chi connectivity index (χ2n) is 4.78. The van der Waals surface area contributed by atoms with Crippen LogP contribution in [0.4, 0.5) is 4.79 Å². The van der Waals surface area contributed by atoms with Crippen molar-refractivity contribution in [1.29, 1.82) is 0 Å². The highest BCUT2D eigenvalue weighted by Gasteiger charge is 2.24. The number of nitrogens with zero attached hydrogens (tertiary/aromatic N) is 1. The minimum Gasteiger partial charge on any atom is -0.410 e. The van der Waals surface area contributed by atoms with Gasteiger partial charge in [-0.1, -0.05) is 6.07 Å². The second kappa shape index (κ2) is 5.59. The molecule has 1 aliphatic rings. The number of amides is 1. The van der Waals surface area contributed by atoms with Gasteiger partial charge in [-0.15, -0.1) is 0 Å². The zero-order valence-electron chi connectivity index (χ0n) is 11.6. The molecule has 5 nitrogen and oxygen atoms in total. The van der Waals surface area contributed by atoms with E-state index in [1.165, 1.54) is 4.90 Å². The topological polar surface area (TPSA) is 64.8 Å². The third-order valence-electron chi connectivity index (χ3n) is 3.48. The first-order valence-electron chi connectivity index (χ1n) is 6.46. The molecule has 0 saturated heterocycles. The lowest BCUT2D eigenvalue weighted by atomic mass is 9.95. The molecule has 1 aromatic rings. The molecule has 0 saturated carbocycles. The molecular formula is C14H20N2O3. The average molecular weight is 264 g/mol. The summed E-state index contributed by atoms with van der Waals surface area (Å²) in [7, 11) is 1.70. The van der Waals surface area contributed by atoms with Crippen LogP contribution in [0.15, 0.2) is 18.2 Å². The quantitative estimate of drug-likeness (QED) is 0.888. The van der Waals surface area contributed by atoms with Crippen LogP contribution in [0.25, 0.3) is 0 Å². The summed E-state index contributed by atoms with van der Waals surface area (Å²) in [6, 6.07) is 5.31. The molecule has 19 heavy (non-hydrogen) atoms. The third kappa shape index (κ3) is 2.88. The highest BCUT2D eigenvalue weighted by molar-refractivity contribution is 5.70. The van der Waals surface area contributed by atoms with E-state index >= 15 is 0 Å². The van der Waals surface area contributed by atoms with Crippen LogP contribution in [-0.2, 0) is 11.3 Å². The normalized spacial score (nSPS) is 21.7. The number of hydrogen-bond acceptors (Lipinski definition) is 4. The Morgan fingerprint density at radius 1 is 1.58 bits per heavy atom. The van der Waals surface area contributed by atoms with E-state index in [1.807, 2.05) is 26.0 Å². The maximum absolute atomic E-state index is 11.7. The number of benzene rings is 1. The molecule has 2 rings (SSSR count). The van der Waals surface area contributed by atoms with Gasteiger partial charge in [0.05, 0.1) is 18.8 Å². The van der Waals surface area contributed by atoms with E-state index in [9.17, 15) is 4.79 Å². The molecule has 1 aromatic carbocycles. The minimum absolute atomic E-state index is 0.0308. The first-order valence-corrected chi connectivity index (χ1v) is 6.46. The maximum Gasteiger partial charge on any atom is 0.414 e. The molecule has 0 radical (unpaired) electrons. The predicted octanol–water partition coefficient (Wildman–Crippen LogP) is 2.06. The summed E-state index contributed by atoms with van der Waals surface area (Å²) in [6.45, 7) is 4.99. The fraction of sp³-hybridized carbons (Fsp3) is 0.500. The SMILES string of the molecule is CCN(C)C(=O)Oc1ccc2c(c1)[C@H](N)[C@@H](C)OC2. The van der Waals surface area contributed by atoms with Crippen molar-refractivity contribution in [3.8, 4) is 5.75 Å². The van der Waals surface area contributed by atoms with Crippen LogP contribution < -0.4 is 10.5 Å². The summed E-state index contributed by atoms with van der Waals surface area (Å²) in [4.78, 5) is 13.2. The summed E-state index contributed by atoms with van der Waals surface area (Å²) in [5.41, 5.74) is 8.14. The number of nitrogens with two attached hydrogens (primary N) is 1. The van der Waals surface area contributed by atoms with Gasteiger partial charge >= 0.3 is 6.09 Å². The van der Waals surface area contributed by atoms with Gasteiger partial charge in [0.1, 0.15) is 5.75 Å². The summed E-state index contributed by atoms with van der Waals surface area (Å²) < 4.78 is 10.9. The Kier molecular flexibility index (Phi) is 4.07. The van der Waals surface area contributed by atoms with Crippen molar-refractivity contribution in [2.75, 3.05) is 13.6 Å². The Balaban J connectivity index is 2.19. The number of rotatable bonds is 2. The Morgan fingerprint density at radius 3 is 3.00 bits per heavy atom. The molecule has 1 aliphatic heterocycles. The molecule has 104 valence electrons. The van der Waals surface area contributed by atoms with Gasteiger partial charge in [-0.05, 0) is 37.1 Å². The van der Waals surface area contributed by atoms with Crippen molar-refractivity contribution >= 4 is 6.09 Å². The molecule has 0 bridgehead atoms. The third-order valence-corrected chi connectivity index (χ3v) is 3.48. The van der Waals surface area contributed by atoms with Gasteiger partial charge in [0.25, 0.3) is 0 Å². The van der Waals surface area contributed by atoms with E-state index in [2.05, 4.69) is 0 Å². The summed E-state index contributed by atoms with van der Waals surface area (Å²) in [5.74, 6) is 0.522. The first-order chi connectivity index (χ1) is 9.02. The molecule has 2 N–H and O–H groups in total. The smallest absolute Gasteiger partial charge is 0.410 e. The van der Waals surface area contributed by atoms with Crippen molar-refractivity contribution in [2.45, 2.75) is 32.6 Å². The van der Waals surface area contributed by atoms with Gasteiger partial charge in [-0.25, -0.2) is 4.79 Å². The number of carbonyl (C=O) groups excluding carboxylic acids is 1. The van der Waals surface area contributed by atoms with Crippen LogP contribution in [0.3, 0.4) is 0 Å². The Morgan fingerprint density at radius 2 is 2.32 bits per heavy atom. The molecule has 0 spiro atoms. The van der Waals surface area contributed by atoms with Gasteiger partial charge in [0.2, 0.25) is 0 Å². The summed E-state index contributed by atoms with van der Waals surface area (Å²) in [6.07, 6.45) is -0.395. The van der Waals surface area contributed by atoms with Gasteiger partial charge in [-0.2, -0.15) is 0 Å². The number of hydrogen-bond donors (Lipinski definition) is 1. The fourth-order valence-corrected chi connectivity index (χ4v) is 1.96. The number of fused-ring (bicyclic) bond motifs is 1. The molecular weight excluding hydrogens is 244 g/mol. The predicted molar refractivity (Wildman–Crippen MR) is 71.9 cm³/mol. The van der Waals surface area contributed by atoms with Gasteiger partial charge in [0, 0.05) is 13.6 Å². The van der Waals surface area contributed by atoms with Crippen LogP contribution in [0.5, 0.6) is 5.75 Å². The van der Waals surface area contributed by atoms with Crippen LogP contribution in [-0.4, -0.2) is 30.7 Å². The molecule has 0 unspecified atom stereocenters. The van der Waals surface area contributed by atoms with Crippen molar-refractivity contribution < 1.29 is 14.3 Å². The van der Waals surface area contributed by atoms with E-state index in [4.69, 9.17) is 15.2 Å². The van der Waals surface area contributed by atoms with Crippen LogP contribution >= 0.6 is 0 Å². The molecule has 5 heteroatoms. The van der Waals surface area contributed by atoms with Crippen molar-refractivity contribution in [3.05, 3.63) is 29.3 Å². The van der Waals surface area contributed by atoms with Crippen LogP contribution in [0, 0.1) is 0 Å². The molecule has 0 aromatic heterocycles. The first kappa shape index (κ1) is 13.8. The van der Waals surface area contributed by atoms with E-state index in [0.29, 0.717) is 18.9 Å². The summed E-state index contributed by atoms with van der Waals surface area (Å²) >= 11 is 0. The molecule has 2 atom stereocenters. The van der Waals surface area contributed by atoms with Gasteiger partial charge in [0.15, 0.2) is 0 Å². The van der Waals surface area contributed by atoms with Crippen molar-refractivity contribution in [3.63, 3.8) is 0 Å². The minimum atomic E-state index is -0.365. The Bertz CT molecular complexity index is 476. The second-order valence-corrected chi connectivity index (χ2v) is 4.78. The van der Waals surface area contributed by atoms with E-state index < -0.39 is 0 Å². The largest absolute Gasteiger partial charge is 0.414 e. The van der Waals surface area contributed by atoms with E-state index in [-0.39, 0.29) is 18.2 Å². The number of carbonyl (C=O) groups is 1. The lowest BCUT2D eigenvalue weighted by molar-refractivity contribution is 0.0213. The Hall–Kier alpha value is -1.59. The Labute approximate surface area is 113 Å².